The number of nitrogens with zero attached hydrogens (tertiary/aromatic N) is 3. The molecule has 0 spiro atoms. The fourth-order valence-electron chi connectivity index (χ4n) is 3.84. The smallest absolute Gasteiger partial charge is 0.228 e. The largest absolute Gasteiger partial charge is 0.368 e. The van der Waals surface area contributed by atoms with Crippen molar-refractivity contribution in [3.63, 3.8) is 0 Å². The fraction of sp³-hybridized carbons (Fsp3) is 0.333. The highest BCUT2D eigenvalue weighted by atomic mass is 35.5. The van der Waals surface area contributed by atoms with E-state index in [1.54, 1.807) is 41.3 Å². The molecule has 2 saturated heterocycles. The van der Waals surface area contributed by atoms with E-state index in [0.29, 0.717) is 37.7 Å². The van der Waals surface area contributed by atoms with Gasteiger partial charge in [0.15, 0.2) is 0 Å². The maximum absolute atomic E-state index is 13.1. The molecule has 1 atom stereocenters. The first-order chi connectivity index (χ1) is 13.5. The number of rotatable bonds is 3. The van der Waals surface area contributed by atoms with Gasteiger partial charge in [-0.2, -0.15) is 0 Å². The zero-order valence-corrected chi connectivity index (χ0v) is 16.1. The van der Waals surface area contributed by atoms with Crippen LogP contribution in [0.2, 0.25) is 5.02 Å². The number of halogens is 2. The van der Waals surface area contributed by atoms with E-state index in [1.807, 2.05) is 4.90 Å². The van der Waals surface area contributed by atoms with E-state index in [0.717, 1.165) is 11.4 Å². The van der Waals surface area contributed by atoms with E-state index < -0.39 is 0 Å². The Kier molecular flexibility index (Phi) is 5.22. The normalized spacial score (nSPS) is 20.0. The van der Waals surface area contributed by atoms with Crippen LogP contribution in [0.4, 0.5) is 15.8 Å². The molecular weight excluding hydrogens is 381 g/mol. The van der Waals surface area contributed by atoms with Gasteiger partial charge in [-0.1, -0.05) is 11.6 Å². The summed E-state index contributed by atoms with van der Waals surface area (Å²) in [4.78, 5) is 31.0. The van der Waals surface area contributed by atoms with E-state index in [-0.39, 0.29) is 30.0 Å². The van der Waals surface area contributed by atoms with Gasteiger partial charge >= 0.3 is 0 Å². The maximum atomic E-state index is 13.1. The van der Waals surface area contributed by atoms with Gasteiger partial charge in [-0.25, -0.2) is 4.39 Å². The summed E-state index contributed by atoms with van der Waals surface area (Å²) in [6.45, 7) is 2.99. The first-order valence-electron chi connectivity index (χ1n) is 9.36. The van der Waals surface area contributed by atoms with Gasteiger partial charge in [0.05, 0.1) is 5.92 Å². The summed E-state index contributed by atoms with van der Waals surface area (Å²) < 4.78 is 13.1. The minimum atomic E-state index is -0.319. The average Bonchev–Trinajstić information content (AvgIpc) is 3.10. The number of piperazine rings is 1. The summed E-state index contributed by atoms with van der Waals surface area (Å²) in [6.07, 6.45) is 0.236. The van der Waals surface area contributed by atoms with Gasteiger partial charge in [-0.15, -0.1) is 0 Å². The van der Waals surface area contributed by atoms with Crippen LogP contribution in [0.3, 0.4) is 0 Å². The van der Waals surface area contributed by atoms with Crippen LogP contribution < -0.4 is 9.80 Å². The maximum Gasteiger partial charge on any atom is 0.228 e. The molecule has 7 heteroatoms. The van der Waals surface area contributed by atoms with Gasteiger partial charge in [0, 0.05) is 55.5 Å². The summed E-state index contributed by atoms with van der Waals surface area (Å²) >= 11 is 5.91. The lowest BCUT2D eigenvalue weighted by Crippen LogP contribution is -2.50. The Hall–Kier alpha value is -2.60. The molecule has 28 heavy (non-hydrogen) atoms. The molecule has 5 nitrogen and oxygen atoms in total. The van der Waals surface area contributed by atoms with Crippen molar-refractivity contribution in [3.05, 3.63) is 59.4 Å². The highest BCUT2D eigenvalue weighted by Gasteiger charge is 2.37. The average molecular weight is 402 g/mol. The lowest BCUT2D eigenvalue weighted by molar-refractivity contribution is -0.136. The van der Waals surface area contributed by atoms with Crippen LogP contribution in [-0.4, -0.2) is 49.4 Å². The molecule has 4 rings (SSSR count). The number of benzene rings is 2. The Morgan fingerprint density at radius 2 is 1.54 bits per heavy atom. The van der Waals surface area contributed by atoms with E-state index in [1.165, 1.54) is 12.1 Å². The summed E-state index contributed by atoms with van der Waals surface area (Å²) in [5.74, 6) is -0.580. The van der Waals surface area contributed by atoms with Crippen LogP contribution in [0.5, 0.6) is 0 Å². The molecular formula is C21H21ClFN3O2. The number of anilines is 2. The van der Waals surface area contributed by atoms with Crippen molar-refractivity contribution >= 4 is 34.8 Å². The zero-order valence-electron chi connectivity index (χ0n) is 15.4. The molecule has 2 amide bonds. The Balaban J connectivity index is 1.36. The molecule has 0 saturated carbocycles. The molecule has 2 aliphatic heterocycles. The topological polar surface area (TPSA) is 43.9 Å². The van der Waals surface area contributed by atoms with Crippen LogP contribution in [0, 0.1) is 11.7 Å². The Morgan fingerprint density at radius 3 is 2.18 bits per heavy atom. The number of hydrogen-bond acceptors (Lipinski definition) is 3. The number of carbonyl (C=O) groups is 2. The van der Waals surface area contributed by atoms with Gasteiger partial charge in [-0.3, -0.25) is 9.59 Å². The Morgan fingerprint density at radius 1 is 0.929 bits per heavy atom. The lowest BCUT2D eigenvalue weighted by atomic mass is 10.1. The van der Waals surface area contributed by atoms with Gasteiger partial charge in [0.25, 0.3) is 0 Å². The molecule has 2 aromatic carbocycles. The van der Waals surface area contributed by atoms with E-state index in [4.69, 9.17) is 11.6 Å². The SMILES string of the molecule is O=C([C@H]1CC(=O)N(c2ccc(Cl)cc2)C1)N1CCN(c2ccc(F)cc2)CC1. The molecule has 0 N–H and O–H groups in total. The van der Waals surface area contributed by atoms with Crippen LogP contribution in [0.25, 0.3) is 0 Å². The summed E-state index contributed by atoms with van der Waals surface area (Å²) in [5.41, 5.74) is 1.73. The minimum absolute atomic E-state index is 0.0311. The molecule has 0 unspecified atom stereocenters. The van der Waals surface area contributed by atoms with Gasteiger partial charge < -0.3 is 14.7 Å². The number of hydrogen-bond donors (Lipinski definition) is 0. The molecule has 0 bridgehead atoms. The molecule has 2 heterocycles. The third-order valence-electron chi connectivity index (χ3n) is 5.40. The molecule has 2 aliphatic rings. The number of carbonyl (C=O) groups excluding carboxylic acids is 2. The predicted molar refractivity (Wildman–Crippen MR) is 107 cm³/mol. The van der Waals surface area contributed by atoms with Crippen molar-refractivity contribution in [2.45, 2.75) is 6.42 Å². The van der Waals surface area contributed by atoms with Crippen molar-refractivity contribution in [1.82, 2.24) is 4.90 Å². The van der Waals surface area contributed by atoms with Crippen molar-refractivity contribution < 1.29 is 14.0 Å². The minimum Gasteiger partial charge on any atom is -0.368 e. The number of amides is 2. The second-order valence-electron chi connectivity index (χ2n) is 7.17. The van der Waals surface area contributed by atoms with Gasteiger partial charge in [-0.05, 0) is 48.5 Å². The quantitative estimate of drug-likeness (QED) is 0.793. The van der Waals surface area contributed by atoms with Crippen molar-refractivity contribution in [2.75, 3.05) is 42.5 Å². The second kappa shape index (κ2) is 7.80. The summed E-state index contributed by atoms with van der Waals surface area (Å²) in [6, 6.07) is 13.5. The molecule has 0 radical (unpaired) electrons. The standard InChI is InChI=1S/C21H21ClFN3O2/c22-16-1-5-19(6-2-16)26-14-15(13-20(26)27)21(28)25-11-9-24(10-12-25)18-7-3-17(23)4-8-18/h1-8,15H,9-14H2/t15-/m0/s1. The third-order valence-corrected chi connectivity index (χ3v) is 5.65. The first kappa shape index (κ1) is 18.7. The van der Waals surface area contributed by atoms with Crippen LogP contribution in [0.1, 0.15) is 6.42 Å². The lowest BCUT2D eigenvalue weighted by Gasteiger charge is -2.37. The van der Waals surface area contributed by atoms with Crippen LogP contribution >= 0.6 is 11.6 Å². The van der Waals surface area contributed by atoms with Crippen LogP contribution in [-0.2, 0) is 9.59 Å². The monoisotopic (exact) mass is 401 g/mol. The Labute approximate surface area is 168 Å². The van der Waals surface area contributed by atoms with E-state index in [2.05, 4.69) is 4.90 Å². The Bertz CT molecular complexity index is 864. The summed E-state index contributed by atoms with van der Waals surface area (Å²) in [7, 11) is 0. The second-order valence-corrected chi connectivity index (χ2v) is 7.61. The summed E-state index contributed by atoms with van der Waals surface area (Å²) in [5, 5.41) is 0.613. The predicted octanol–water partition coefficient (Wildman–Crippen LogP) is 3.18. The van der Waals surface area contributed by atoms with Crippen LogP contribution in [0.15, 0.2) is 48.5 Å². The van der Waals surface area contributed by atoms with Crippen molar-refractivity contribution in [2.24, 2.45) is 5.92 Å². The molecule has 2 fully saturated rings. The molecule has 2 aromatic rings. The zero-order chi connectivity index (χ0) is 19.7. The van der Waals surface area contributed by atoms with Crippen molar-refractivity contribution in [3.8, 4) is 0 Å². The van der Waals surface area contributed by atoms with Gasteiger partial charge in [0.2, 0.25) is 11.8 Å². The highest BCUT2D eigenvalue weighted by molar-refractivity contribution is 6.30. The first-order valence-corrected chi connectivity index (χ1v) is 9.74. The van der Waals surface area contributed by atoms with Gasteiger partial charge in [0.1, 0.15) is 5.82 Å². The molecule has 146 valence electrons. The third kappa shape index (κ3) is 3.83. The molecule has 0 aliphatic carbocycles. The fourth-order valence-corrected chi connectivity index (χ4v) is 3.96. The molecule has 0 aromatic heterocycles. The van der Waals surface area contributed by atoms with E-state index in [9.17, 15) is 14.0 Å². The van der Waals surface area contributed by atoms with E-state index >= 15 is 0 Å². The van der Waals surface area contributed by atoms with Crippen molar-refractivity contribution in [1.29, 1.82) is 0 Å². The highest BCUT2D eigenvalue weighted by Crippen LogP contribution is 2.28.